The van der Waals surface area contributed by atoms with Gasteiger partial charge in [0.2, 0.25) is 0 Å². The fourth-order valence-corrected chi connectivity index (χ4v) is 2.09. The molecule has 0 unspecified atom stereocenters. The molecule has 2 rings (SSSR count). The molecular weight excluding hydrogens is 375 g/mol. The van der Waals surface area contributed by atoms with Gasteiger partial charge >= 0.3 is 6.18 Å². The summed E-state index contributed by atoms with van der Waals surface area (Å²) in [5.74, 6) is -0.666. The number of amides is 1. The molecule has 0 fully saturated rings. The van der Waals surface area contributed by atoms with Crippen molar-refractivity contribution in [1.82, 2.24) is 9.55 Å². The summed E-state index contributed by atoms with van der Waals surface area (Å²) in [4.78, 5) is 15.8. The summed E-state index contributed by atoms with van der Waals surface area (Å²) in [5.41, 5.74) is 0.217. The fourth-order valence-electron chi connectivity index (χ4n) is 1.64. The van der Waals surface area contributed by atoms with Gasteiger partial charge in [0.25, 0.3) is 5.91 Å². The third-order valence-corrected chi connectivity index (χ3v) is 3.60. The lowest BCUT2D eigenvalue weighted by Gasteiger charge is -2.12. The predicted molar refractivity (Wildman–Crippen MR) is 75.4 cm³/mol. The maximum absolute atomic E-state index is 12.4. The summed E-state index contributed by atoms with van der Waals surface area (Å²) in [6, 6.07) is 4.18. The first-order chi connectivity index (χ1) is 9.76. The van der Waals surface area contributed by atoms with E-state index < -0.39 is 18.6 Å². The van der Waals surface area contributed by atoms with Gasteiger partial charge in [0, 0.05) is 6.20 Å². The molecule has 0 aliphatic carbocycles. The van der Waals surface area contributed by atoms with Crippen molar-refractivity contribution >= 4 is 39.1 Å². The first-order valence-electron chi connectivity index (χ1n) is 5.60. The summed E-state index contributed by atoms with van der Waals surface area (Å²) in [6.45, 7) is -1.23. The number of nitrogens with one attached hydrogen (secondary N) is 1. The minimum Gasteiger partial charge on any atom is -0.334 e. The Hall–Kier alpha value is -1.54. The third-order valence-electron chi connectivity index (χ3n) is 2.47. The van der Waals surface area contributed by atoms with Crippen molar-refractivity contribution in [3.8, 4) is 0 Å². The van der Waals surface area contributed by atoms with E-state index >= 15 is 0 Å². The molecule has 0 saturated carbocycles. The number of aromatic nitrogens is 2. The van der Waals surface area contributed by atoms with Crippen LogP contribution in [0.1, 0.15) is 10.5 Å². The van der Waals surface area contributed by atoms with E-state index in [-0.39, 0.29) is 10.8 Å². The summed E-state index contributed by atoms with van der Waals surface area (Å²) < 4.78 is 38.5. The maximum atomic E-state index is 12.4. The lowest BCUT2D eigenvalue weighted by molar-refractivity contribution is -0.140. The number of rotatable bonds is 3. The first-order valence-corrected chi connectivity index (χ1v) is 6.77. The van der Waals surface area contributed by atoms with Crippen LogP contribution in [0.3, 0.4) is 0 Å². The van der Waals surface area contributed by atoms with E-state index in [1.165, 1.54) is 30.6 Å². The lowest BCUT2D eigenvalue weighted by Crippen LogP contribution is -2.23. The standard InChI is InChI=1S/C12H8BrClF3N3O/c13-8-4-7(5-18-10(8)14)19-11(21)9-2-1-3-20(9)6-12(15,16)17/h1-5H,6H2,(H,19,21). The van der Waals surface area contributed by atoms with Crippen LogP contribution in [0.4, 0.5) is 18.9 Å². The summed E-state index contributed by atoms with van der Waals surface area (Å²) in [6.07, 6.45) is -1.90. The molecule has 0 spiro atoms. The summed E-state index contributed by atoms with van der Waals surface area (Å²) >= 11 is 8.85. The van der Waals surface area contributed by atoms with Crippen LogP contribution < -0.4 is 5.32 Å². The van der Waals surface area contributed by atoms with Crippen LogP contribution in [0.15, 0.2) is 35.1 Å². The number of halogens is 5. The number of anilines is 1. The number of pyridine rings is 1. The third kappa shape index (κ3) is 4.21. The quantitative estimate of drug-likeness (QED) is 0.812. The highest BCUT2D eigenvalue weighted by Crippen LogP contribution is 2.24. The van der Waals surface area contributed by atoms with E-state index in [0.29, 0.717) is 10.2 Å². The van der Waals surface area contributed by atoms with Gasteiger partial charge in [0.15, 0.2) is 0 Å². The smallest absolute Gasteiger partial charge is 0.334 e. The molecule has 1 amide bonds. The molecule has 0 saturated heterocycles. The molecule has 21 heavy (non-hydrogen) atoms. The molecular formula is C12H8BrClF3N3O. The Balaban J connectivity index is 2.17. The van der Waals surface area contributed by atoms with Crippen molar-refractivity contribution in [2.45, 2.75) is 12.7 Å². The van der Waals surface area contributed by atoms with Crippen LogP contribution >= 0.6 is 27.5 Å². The van der Waals surface area contributed by atoms with Crippen molar-refractivity contribution in [3.63, 3.8) is 0 Å². The van der Waals surface area contributed by atoms with E-state index in [1.54, 1.807) is 0 Å². The van der Waals surface area contributed by atoms with E-state index in [4.69, 9.17) is 11.6 Å². The zero-order valence-electron chi connectivity index (χ0n) is 10.3. The normalized spacial score (nSPS) is 11.5. The second-order valence-electron chi connectivity index (χ2n) is 4.09. The zero-order chi connectivity index (χ0) is 15.6. The van der Waals surface area contributed by atoms with Gasteiger partial charge in [-0.2, -0.15) is 13.2 Å². The Morgan fingerprint density at radius 3 is 2.81 bits per heavy atom. The number of carbonyl (C=O) groups is 1. The van der Waals surface area contributed by atoms with Gasteiger partial charge in [-0.15, -0.1) is 0 Å². The molecule has 9 heteroatoms. The Labute approximate surface area is 131 Å². The predicted octanol–water partition coefficient (Wildman–Crippen LogP) is 4.11. The molecule has 0 aliphatic rings. The highest BCUT2D eigenvalue weighted by molar-refractivity contribution is 9.10. The molecule has 1 N–H and O–H groups in total. The Bertz CT molecular complexity index is 672. The van der Waals surface area contributed by atoms with Gasteiger partial charge in [0.05, 0.1) is 16.4 Å². The largest absolute Gasteiger partial charge is 0.406 e. The molecule has 2 heterocycles. The van der Waals surface area contributed by atoms with Crippen molar-refractivity contribution in [2.24, 2.45) is 0 Å². The first kappa shape index (κ1) is 15.8. The van der Waals surface area contributed by atoms with Crippen LogP contribution in [0.25, 0.3) is 0 Å². The van der Waals surface area contributed by atoms with Crippen LogP contribution in [0.2, 0.25) is 5.15 Å². The van der Waals surface area contributed by atoms with E-state index in [2.05, 4.69) is 26.2 Å². The number of carbonyl (C=O) groups excluding carboxylic acids is 1. The monoisotopic (exact) mass is 381 g/mol. The maximum Gasteiger partial charge on any atom is 0.406 e. The van der Waals surface area contributed by atoms with Crippen molar-refractivity contribution < 1.29 is 18.0 Å². The SMILES string of the molecule is O=C(Nc1cnc(Cl)c(Br)c1)c1cccn1CC(F)(F)F. The minimum absolute atomic E-state index is 0.0987. The molecule has 2 aromatic rings. The Morgan fingerprint density at radius 2 is 2.19 bits per heavy atom. The number of alkyl halides is 3. The van der Waals surface area contributed by atoms with Gasteiger partial charge in [0.1, 0.15) is 17.4 Å². The number of hydrogen-bond acceptors (Lipinski definition) is 2. The van der Waals surface area contributed by atoms with Crippen molar-refractivity contribution in [2.75, 3.05) is 5.32 Å². The number of hydrogen-bond donors (Lipinski definition) is 1. The van der Waals surface area contributed by atoms with E-state index in [9.17, 15) is 18.0 Å². The Morgan fingerprint density at radius 1 is 1.48 bits per heavy atom. The lowest BCUT2D eigenvalue weighted by atomic mass is 10.3. The average molecular weight is 383 g/mol. The molecule has 112 valence electrons. The van der Waals surface area contributed by atoms with Crippen molar-refractivity contribution in [1.29, 1.82) is 0 Å². The van der Waals surface area contributed by atoms with Gasteiger partial charge in [-0.05, 0) is 34.1 Å². The second-order valence-corrected chi connectivity index (χ2v) is 5.30. The topological polar surface area (TPSA) is 46.9 Å². The van der Waals surface area contributed by atoms with Gasteiger partial charge < -0.3 is 9.88 Å². The fraction of sp³-hybridized carbons (Fsp3) is 0.167. The van der Waals surface area contributed by atoms with Gasteiger partial charge in [-0.1, -0.05) is 11.6 Å². The molecule has 2 aromatic heterocycles. The molecule has 0 radical (unpaired) electrons. The second kappa shape index (κ2) is 6.07. The molecule has 0 bridgehead atoms. The van der Waals surface area contributed by atoms with Crippen molar-refractivity contribution in [3.05, 3.63) is 45.9 Å². The molecule has 4 nitrogen and oxygen atoms in total. The van der Waals surface area contributed by atoms with E-state index in [0.717, 1.165) is 4.57 Å². The zero-order valence-corrected chi connectivity index (χ0v) is 12.6. The van der Waals surface area contributed by atoms with Crippen LogP contribution in [-0.2, 0) is 6.54 Å². The van der Waals surface area contributed by atoms with Gasteiger partial charge in [-0.3, -0.25) is 4.79 Å². The van der Waals surface area contributed by atoms with E-state index in [1.807, 2.05) is 0 Å². The Kier molecular flexibility index (Phi) is 4.58. The number of nitrogens with zero attached hydrogens (tertiary/aromatic N) is 2. The summed E-state index contributed by atoms with van der Waals surface area (Å²) in [7, 11) is 0. The van der Waals surface area contributed by atoms with Crippen LogP contribution in [0, 0.1) is 0 Å². The molecule has 0 aliphatic heterocycles. The molecule has 0 aromatic carbocycles. The average Bonchev–Trinajstić information content (AvgIpc) is 2.79. The summed E-state index contributed by atoms with van der Waals surface area (Å²) in [5, 5.41) is 2.68. The highest BCUT2D eigenvalue weighted by Gasteiger charge is 2.29. The van der Waals surface area contributed by atoms with Crippen LogP contribution in [0.5, 0.6) is 0 Å². The minimum atomic E-state index is -4.40. The highest BCUT2D eigenvalue weighted by atomic mass is 79.9. The van der Waals surface area contributed by atoms with Gasteiger partial charge in [-0.25, -0.2) is 4.98 Å². The molecule has 0 atom stereocenters. The van der Waals surface area contributed by atoms with Crippen LogP contribution in [-0.4, -0.2) is 21.6 Å².